The molecule has 2 N–H and O–H groups in total. The Hall–Kier alpha value is -1.84. The topological polar surface area (TPSA) is 103 Å². The Morgan fingerprint density at radius 1 is 1.45 bits per heavy atom. The molecule has 20 heavy (non-hydrogen) atoms. The fourth-order valence-corrected chi connectivity index (χ4v) is 2.25. The van der Waals surface area contributed by atoms with Crippen LogP contribution < -0.4 is 4.74 Å². The van der Waals surface area contributed by atoms with Gasteiger partial charge in [0.1, 0.15) is 18.5 Å². The Morgan fingerprint density at radius 2 is 2.25 bits per heavy atom. The molecule has 0 amide bonds. The third kappa shape index (κ3) is 1.82. The molecule has 1 aliphatic heterocycles. The quantitative estimate of drug-likeness (QED) is 0.777. The molecule has 0 aliphatic carbocycles. The van der Waals surface area contributed by atoms with E-state index in [0.717, 1.165) is 0 Å². The van der Waals surface area contributed by atoms with Crippen LogP contribution in [0.1, 0.15) is 6.23 Å². The van der Waals surface area contributed by atoms with Crippen molar-refractivity contribution in [1.29, 1.82) is 0 Å². The molecule has 0 spiro atoms. The molecular weight excluding hydrogens is 271 g/mol. The van der Waals surface area contributed by atoms with E-state index in [4.69, 9.17) is 14.6 Å². The number of imidazole rings is 1. The zero-order valence-electron chi connectivity index (χ0n) is 10.5. The number of alkyl halides is 1. The van der Waals surface area contributed by atoms with Crippen molar-refractivity contribution >= 4 is 11.2 Å². The van der Waals surface area contributed by atoms with Gasteiger partial charge in [-0.05, 0) is 0 Å². The molecule has 0 aromatic carbocycles. The second-order valence-electron chi connectivity index (χ2n) is 4.39. The van der Waals surface area contributed by atoms with Crippen molar-refractivity contribution in [2.75, 3.05) is 13.7 Å². The van der Waals surface area contributed by atoms with Crippen molar-refractivity contribution in [1.82, 2.24) is 19.5 Å². The fourth-order valence-electron chi connectivity index (χ4n) is 2.25. The summed E-state index contributed by atoms with van der Waals surface area (Å²) < 4.78 is 25.5. The molecule has 3 rings (SSSR count). The van der Waals surface area contributed by atoms with E-state index in [1.807, 2.05) is 0 Å². The largest absolute Gasteiger partial charge is 0.479 e. The first-order chi connectivity index (χ1) is 9.67. The summed E-state index contributed by atoms with van der Waals surface area (Å²) in [5.41, 5.74) is 0.736. The van der Waals surface area contributed by atoms with Crippen LogP contribution in [0.3, 0.4) is 0 Å². The molecule has 0 bridgehead atoms. The molecular formula is C11H13FN4O4. The first-order valence-electron chi connectivity index (χ1n) is 5.97. The minimum atomic E-state index is -1.67. The van der Waals surface area contributed by atoms with Gasteiger partial charge in [0, 0.05) is 0 Å². The Balaban J connectivity index is 2.03. The zero-order valence-corrected chi connectivity index (χ0v) is 10.5. The maximum Gasteiger partial charge on any atom is 0.245 e. The number of aromatic nitrogens is 4. The summed E-state index contributed by atoms with van der Waals surface area (Å²) in [5, 5.41) is 18.9. The van der Waals surface area contributed by atoms with Gasteiger partial charge in [0.05, 0.1) is 20.0 Å². The molecule has 2 aromatic heterocycles. The number of aliphatic hydroxyl groups is 2. The maximum absolute atomic E-state index is 13.7. The number of aliphatic hydroxyl groups excluding tert-OH is 2. The van der Waals surface area contributed by atoms with E-state index in [1.54, 1.807) is 0 Å². The van der Waals surface area contributed by atoms with E-state index < -0.39 is 31.2 Å². The van der Waals surface area contributed by atoms with Gasteiger partial charge in [-0.1, -0.05) is 0 Å². The smallest absolute Gasteiger partial charge is 0.245 e. The summed E-state index contributed by atoms with van der Waals surface area (Å²) in [5.74, 6) is 0.275. The molecule has 2 aromatic rings. The lowest BCUT2D eigenvalue weighted by Crippen LogP contribution is -2.29. The van der Waals surface area contributed by atoms with Crippen LogP contribution in [0, 0.1) is 0 Å². The van der Waals surface area contributed by atoms with Gasteiger partial charge in [-0.25, -0.2) is 14.4 Å². The molecule has 3 heterocycles. The number of rotatable bonds is 3. The van der Waals surface area contributed by atoms with Crippen molar-refractivity contribution in [3.05, 3.63) is 12.7 Å². The number of hydrogen-bond donors (Lipinski definition) is 2. The number of fused-ring (bicyclic) bond motifs is 1. The molecule has 1 saturated heterocycles. The molecule has 1 aliphatic rings. The van der Waals surface area contributed by atoms with E-state index in [-0.39, 0.29) is 5.88 Å². The summed E-state index contributed by atoms with van der Waals surface area (Å²) in [6, 6.07) is 0. The highest BCUT2D eigenvalue weighted by molar-refractivity contribution is 5.76. The fraction of sp³-hybridized carbons (Fsp3) is 0.545. The van der Waals surface area contributed by atoms with Crippen LogP contribution in [-0.2, 0) is 4.74 Å². The zero-order chi connectivity index (χ0) is 14.3. The highest BCUT2D eigenvalue weighted by Crippen LogP contribution is 2.33. The van der Waals surface area contributed by atoms with E-state index in [1.165, 1.54) is 24.3 Å². The summed E-state index contributed by atoms with van der Waals surface area (Å²) in [6.07, 6.45) is -2.53. The molecule has 8 nitrogen and oxygen atoms in total. The number of nitrogens with zero attached hydrogens (tertiary/aromatic N) is 4. The average molecular weight is 284 g/mol. The van der Waals surface area contributed by atoms with Gasteiger partial charge >= 0.3 is 0 Å². The Morgan fingerprint density at radius 3 is 2.90 bits per heavy atom. The average Bonchev–Trinajstić information content (AvgIpc) is 3.01. The van der Waals surface area contributed by atoms with Gasteiger partial charge in [-0.3, -0.25) is 4.57 Å². The van der Waals surface area contributed by atoms with Crippen molar-refractivity contribution < 1.29 is 24.1 Å². The molecule has 108 valence electrons. The monoisotopic (exact) mass is 284 g/mol. The standard InChI is InChI=1S/C11H13FN4O4/c1-19-10-7-9(13-3-14-10)16(4-15-7)11-8(18)6(12)5(2-17)20-11/h3-6,8,11,17-18H,2H2,1H3/t5-,6-,8-,11?/m1/s1. The summed E-state index contributed by atoms with van der Waals surface area (Å²) in [4.78, 5) is 12.0. The summed E-state index contributed by atoms with van der Waals surface area (Å²) in [7, 11) is 1.45. The second-order valence-corrected chi connectivity index (χ2v) is 4.39. The SMILES string of the molecule is COc1ncnc2c1ncn2C1O[C@H](CO)[C@@H](F)[C@H]1O. The summed E-state index contributed by atoms with van der Waals surface area (Å²) >= 11 is 0. The normalized spacial score (nSPS) is 30.0. The predicted octanol–water partition coefficient (Wildman–Crippen LogP) is -0.576. The number of ether oxygens (including phenoxy) is 2. The first kappa shape index (κ1) is 13.2. The van der Waals surface area contributed by atoms with Crippen LogP contribution in [0.4, 0.5) is 4.39 Å². The minimum Gasteiger partial charge on any atom is -0.479 e. The van der Waals surface area contributed by atoms with E-state index >= 15 is 0 Å². The molecule has 1 unspecified atom stereocenters. The maximum atomic E-state index is 13.7. The highest BCUT2D eigenvalue weighted by Gasteiger charge is 2.45. The Kier molecular flexibility index (Phi) is 3.24. The van der Waals surface area contributed by atoms with Crippen molar-refractivity contribution in [3.8, 4) is 5.88 Å². The number of halogens is 1. The first-order valence-corrected chi connectivity index (χ1v) is 5.97. The van der Waals surface area contributed by atoms with Crippen LogP contribution >= 0.6 is 0 Å². The molecule has 4 atom stereocenters. The van der Waals surface area contributed by atoms with Gasteiger partial charge in [-0.15, -0.1) is 0 Å². The van der Waals surface area contributed by atoms with Crippen molar-refractivity contribution in [2.24, 2.45) is 0 Å². The second kappa shape index (κ2) is 4.93. The Bertz CT molecular complexity index is 621. The lowest BCUT2D eigenvalue weighted by Gasteiger charge is -2.16. The van der Waals surface area contributed by atoms with Gasteiger partial charge in [0.15, 0.2) is 23.6 Å². The van der Waals surface area contributed by atoms with Gasteiger partial charge in [-0.2, -0.15) is 4.98 Å². The van der Waals surface area contributed by atoms with Crippen LogP contribution in [0.2, 0.25) is 0 Å². The minimum absolute atomic E-state index is 0.275. The molecule has 0 radical (unpaired) electrons. The Labute approximate surface area is 112 Å². The third-order valence-corrected chi connectivity index (χ3v) is 3.26. The number of methoxy groups -OCH3 is 1. The van der Waals surface area contributed by atoms with Gasteiger partial charge in [0.2, 0.25) is 5.88 Å². The lowest BCUT2D eigenvalue weighted by molar-refractivity contribution is -0.0495. The predicted molar refractivity (Wildman–Crippen MR) is 63.8 cm³/mol. The lowest BCUT2D eigenvalue weighted by atomic mass is 10.1. The van der Waals surface area contributed by atoms with E-state index in [9.17, 15) is 9.50 Å². The van der Waals surface area contributed by atoms with Crippen LogP contribution in [0.15, 0.2) is 12.7 Å². The van der Waals surface area contributed by atoms with Crippen molar-refractivity contribution in [2.45, 2.75) is 24.6 Å². The van der Waals surface area contributed by atoms with Gasteiger partial charge < -0.3 is 19.7 Å². The molecule has 0 saturated carbocycles. The third-order valence-electron chi connectivity index (χ3n) is 3.26. The van der Waals surface area contributed by atoms with E-state index in [0.29, 0.717) is 11.2 Å². The van der Waals surface area contributed by atoms with Gasteiger partial charge in [0.25, 0.3) is 0 Å². The van der Waals surface area contributed by atoms with Crippen LogP contribution in [-0.4, -0.2) is 61.8 Å². The van der Waals surface area contributed by atoms with E-state index in [2.05, 4.69) is 15.0 Å². The molecule has 9 heteroatoms. The van der Waals surface area contributed by atoms with Crippen LogP contribution in [0.25, 0.3) is 11.2 Å². The summed E-state index contributed by atoms with van der Waals surface area (Å²) in [6.45, 7) is -0.514. The van der Waals surface area contributed by atoms with Crippen molar-refractivity contribution in [3.63, 3.8) is 0 Å². The number of hydrogen-bond acceptors (Lipinski definition) is 7. The van der Waals surface area contributed by atoms with Crippen LogP contribution in [0.5, 0.6) is 5.88 Å². The highest BCUT2D eigenvalue weighted by atomic mass is 19.1. The molecule has 1 fully saturated rings.